The van der Waals surface area contributed by atoms with Gasteiger partial charge < -0.3 is 9.72 Å². The van der Waals surface area contributed by atoms with Crippen molar-refractivity contribution in [3.05, 3.63) is 65.7 Å². The molecule has 0 unspecified atom stereocenters. The van der Waals surface area contributed by atoms with Gasteiger partial charge in [-0.15, -0.1) is 0 Å². The largest absolute Gasteiger partial charge is 0.496 e. The fourth-order valence-electron chi connectivity index (χ4n) is 2.70. The quantitative estimate of drug-likeness (QED) is 0.519. The summed E-state index contributed by atoms with van der Waals surface area (Å²) in [5.41, 5.74) is -1.66. The number of benzene rings is 2. The first-order valence-corrected chi connectivity index (χ1v) is 7.72. The van der Waals surface area contributed by atoms with Crippen molar-refractivity contribution in [3.8, 4) is 28.3 Å². The van der Waals surface area contributed by atoms with Crippen LogP contribution in [0.15, 0.2) is 54.6 Å². The van der Waals surface area contributed by atoms with Crippen molar-refractivity contribution in [2.75, 3.05) is 7.11 Å². The summed E-state index contributed by atoms with van der Waals surface area (Å²) < 4.78 is 83.4. The number of rotatable bonds is 3. The molecular weight excluding hydrogens is 372 g/mol. The minimum absolute atomic E-state index is 0.105. The molecule has 2 nitrogen and oxygen atoms in total. The van der Waals surface area contributed by atoms with Gasteiger partial charge in [0.05, 0.1) is 18.2 Å². The van der Waals surface area contributed by atoms with Crippen LogP contribution in [-0.2, 0) is 12.4 Å². The molecule has 0 fully saturated rings. The molecule has 1 N–H and O–H groups in total. The summed E-state index contributed by atoms with van der Waals surface area (Å²) in [7, 11) is 1.46. The molecule has 27 heavy (non-hydrogen) atoms. The van der Waals surface area contributed by atoms with Crippen molar-refractivity contribution >= 4 is 0 Å². The van der Waals surface area contributed by atoms with Gasteiger partial charge in [0.15, 0.2) is 0 Å². The first-order valence-electron chi connectivity index (χ1n) is 7.72. The standard InChI is InChI=1S/C19H13F6NO/c1-27-17-5-3-2-4-14(17)16-7-6-15(26-16)11-8-12(18(20,21)22)10-13(9-11)19(23,24)25/h2-10,26H,1H3. The highest BCUT2D eigenvalue weighted by Gasteiger charge is 2.37. The number of methoxy groups -OCH3 is 1. The first-order chi connectivity index (χ1) is 12.6. The number of ether oxygens (including phenoxy) is 1. The van der Waals surface area contributed by atoms with Crippen molar-refractivity contribution < 1.29 is 31.1 Å². The first kappa shape index (κ1) is 18.9. The second-order valence-electron chi connectivity index (χ2n) is 5.78. The van der Waals surface area contributed by atoms with Gasteiger partial charge >= 0.3 is 12.4 Å². The predicted molar refractivity (Wildman–Crippen MR) is 88.2 cm³/mol. The Bertz CT molecular complexity index is 923. The number of aromatic nitrogens is 1. The van der Waals surface area contributed by atoms with Gasteiger partial charge in [-0.05, 0) is 48.0 Å². The molecular formula is C19H13F6NO. The molecule has 2 aromatic carbocycles. The van der Waals surface area contributed by atoms with Gasteiger partial charge in [0, 0.05) is 17.0 Å². The zero-order chi connectivity index (χ0) is 19.8. The smallest absolute Gasteiger partial charge is 0.416 e. The normalized spacial score (nSPS) is 12.3. The molecule has 0 radical (unpaired) electrons. The number of hydrogen-bond acceptors (Lipinski definition) is 1. The highest BCUT2D eigenvalue weighted by molar-refractivity contribution is 5.72. The lowest BCUT2D eigenvalue weighted by molar-refractivity contribution is -0.143. The van der Waals surface area contributed by atoms with E-state index in [0.717, 1.165) is 0 Å². The van der Waals surface area contributed by atoms with E-state index in [1.54, 1.807) is 30.3 Å². The Kier molecular flexibility index (Phi) is 4.67. The molecule has 1 heterocycles. The molecule has 8 heteroatoms. The second-order valence-corrected chi connectivity index (χ2v) is 5.78. The summed E-state index contributed by atoms with van der Waals surface area (Å²) in [6, 6.07) is 11.4. The maximum absolute atomic E-state index is 13.0. The molecule has 0 spiro atoms. The molecule has 0 saturated heterocycles. The Labute approximate surface area is 150 Å². The second kappa shape index (κ2) is 6.68. The van der Waals surface area contributed by atoms with E-state index in [-0.39, 0.29) is 17.3 Å². The zero-order valence-electron chi connectivity index (χ0n) is 13.9. The molecule has 0 amide bonds. The van der Waals surface area contributed by atoms with Crippen LogP contribution in [0.2, 0.25) is 0 Å². The van der Waals surface area contributed by atoms with E-state index in [4.69, 9.17) is 4.74 Å². The van der Waals surface area contributed by atoms with Crippen LogP contribution in [0, 0.1) is 0 Å². The van der Waals surface area contributed by atoms with E-state index < -0.39 is 23.5 Å². The van der Waals surface area contributed by atoms with Crippen molar-refractivity contribution in [3.63, 3.8) is 0 Å². The van der Waals surface area contributed by atoms with E-state index in [9.17, 15) is 26.3 Å². The van der Waals surface area contributed by atoms with Gasteiger partial charge in [0.25, 0.3) is 0 Å². The fourth-order valence-corrected chi connectivity index (χ4v) is 2.70. The summed E-state index contributed by atoms with van der Waals surface area (Å²) in [5, 5.41) is 0. The number of hydrogen-bond donors (Lipinski definition) is 1. The number of nitrogens with one attached hydrogen (secondary N) is 1. The van der Waals surface area contributed by atoms with Crippen molar-refractivity contribution in [1.82, 2.24) is 4.98 Å². The Morgan fingerprint density at radius 3 is 1.85 bits per heavy atom. The van der Waals surface area contributed by atoms with Gasteiger partial charge in [-0.1, -0.05) is 12.1 Å². The van der Waals surface area contributed by atoms with Crippen molar-refractivity contribution in [2.45, 2.75) is 12.4 Å². The van der Waals surface area contributed by atoms with Crippen molar-refractivity contribution in [1.29, 1.82) is 0 Å². The molecule has 0 aliphatic heterocycles. The van der Waals surface area contributed by atoms with Crippen LogP contribution in [0.3, 0.4) is 0 Å². The number of para-hydroxylation sites is 1. The maximum atomic E-state index is 13.0. The van der Waals surface area contributed by atoms with Crippen molar-refractivity contribution in [2.24, 2.45) is 0 Å². The number of halogens is 6. The third-order valence-corrected chi connectivity index (χ3v) is 3.98. The Morgan fingerprint density at radius 2 is 1.30 bits per heavy atom. The molecule has 1 aromatic heterocycles. The molecule has 0 bridgehead atoms. The van der Waals surface area contributed by atoms with Gasteiger partial charge in [-0.2, -0.15) is 26.3 Å². The molecule has 3 rings (SSSR count). The average molecular weight is 385 g/mol. The van der Waals surface area contributed by atoms with Gasteiger partial charge in [0.2, 0.25) is 0 Å². The number of alkyl halides is 6. The summed E-state index contributed by atoms with van der Waals surface area (Å²) in [5.74, 6) is 0.519. The Morgan fingerprint density at radius 1 is 0.741 bits per heavy atom. The maximum Gasteiger partial charge on any atom is 0.416 e. The lowest BCUT2D eigenvalue weighted by Gasteiger charge is -2.14. The molecule has 0 aliphatic carbocycles. The van der Waals surface area contributed by atoms with Crippen LogP contribution in [0.5, 0.6) is 5.75 Å². The highest BCUT2D eigenvalue weighted by Crippen LogP contribution is 2.39. The minimum atomic E-state index is -4.89. The van der Waals surface area contributed by atoms with Gasteiger partial charge in [-0.25, -0.2) is 0 Å². The van der Waals surface area contributed by atoms with E-state index in [1.165, 1.54) is 13.2 Å². The Balaban J connectivity index is 2.11. The van der Waals surface area contributed by atoms with Crippen LogP contribution in [0.25, 0.3) is 22.5 Å². The number of aromatic amines is 1. The predicted octanol–water partition coefficient (Wildman–Crippen LogP) is 6.39. The van der Waals surface area contributed by atoms with E-state index in [1.807, 2.05) is 0 Å². The third-order valence-electron chi connectivity index (χ3n) is 3.98. The molecule has 3 aromatic rings. The molecule has 0 aliphatic rings. The lowest BCUT2D eigenvalue weighted by atomic mass is 10.0. The summed E-state index contributed by atoms with van der Waals surface area (Å²) in [4.78, 5) is 2.86. The topological polar surface area (TPSA) is 25.0 Å². The van der Waals surface area contributed by atoms with Crippen LogP contribution >= 0.6 is 0 Å². The van der Waals surface area contributed by atoms with E-state index in [0.29, 0.717) is 29.1 Å². The molecule has 0 atom stereocenters. The van der Waals surface area contributed by atoms with Crippen LogP contribution in [-0.4, -0.2) is 12.1 Å². The van der Waals surface area contributed by atoms with Gasteiger partial charge in [-0.3, -0.25) is 0 Å². The molecule has 142 valence electrons. The van der Waals surface area contributed by atoms with E-state index in [2.05, 4.69) is 4.98 Å². The average Bonchev–Trinajstić information content (AvgIpc) is 3.09. The van der Waals surface area contributed by atoms with E-state index >= 15 is 0 Å². The fraction of sp³-hybridized carbons (Fsp3) is 0.158. The number of H-pyrrole nitrogens is 1. The van der Waals surface area contributed by atoms with Crippen LogP contribution in [0.4, 0.5) is 26.3 Å². The zero-order valence-corrected chi connectivity index (χ0v) is 13.9. The van der Waals surface area contributed by atoms with Gasteiger partial charge in [0.1, 0.15) is 5.75 Å². The SMILES string of the molecule is COc1ccccc1-c1ccc(-c2cc(C(F)(F)F)cc(C(F)(F)F)c2)[nH]1. The lowest BCUT2D eigenvalue weighted by Crippen LogP contribution is -2.11. The third kappa shape index (κ3) is 3.94. The molecule has 0 saturated carbocycles. The summed E-state index contributed by atoms with van der Waals surface area (Å²) >= 11 is 0. The minimum Gasteiger partial charge on any atom is -0.496 e. The van der Waals surface area contributed by atoms with Crippen LogP contribution < -0.4 is 4.74 Å². The Hall–Kier alpha value is -2.90. The summed E-state index contributed by atoms with van der Waals surface area (Å²) in [6.45, 7) is 0. The van der Waals surface area contributed by atoms with Crippen LogP contribution in [0.1, 0.15) is 11.1 Å². The summed E-state index contributed by atoms with van der Waals surface area (Å²) in [6.07, 6.45) is -9.79. The highest BCUT2D eigenvalue weighted by atomic mass is 19.4. The monoisotopic (exact) mass is 385 g/mol.